The Labute approximate surface area is 97.1 Å². The maximum Gasteiger partial charge on any atom is 0.0480 e. The topological polar surface area (TPSA) is 30.9 Å². The lowest BCUT2D eigenvalue weighted by molar-refractivity contribution is 0.535. The number of aromatic nitrogens is 1. The zero-order chi connectivity index (χ0) is 11.7. The van der Waals surface area contributed by atoms with Gasteiger partial charge in [0.2, 0.25) is 0 Å². The van der Waals surface area contributed by atoms with Gasteiger partial charge in [-0.05, 0) is 42.0 Å². The van der Waals surface area contributed by atoms with E-state index in [1.807, 2.05) is 6.92 Å². The largest absolute Gasteiger partial charge is 0.347 e. The van der Waals surface area contributed by atoms with Crippen molar-refractivity contribution in [1.29, 1.82) is 0 Å². The number of nitrogens with zero attached hydrogens (tertiary/aromatic N) is 1. The molecular weight excluding hydrogens is 196 g/mol. The van der Waals surface area contributed by atoms with Gasteiger partial charge in [0.25, 0.3) is 0 Å². The van der Waals surface area contributed by atoms with Gasteiger partial charge >= 0.3 is 0 Å². The lowest BCUT2D eigenvalue weighted by atomic mass is 10.1. The van der Waals surface area contributed by atoms with Crippen LogP contribution in [0.1, 0.15) is 32.4 Å². The Hall–Kier alpha value is -1.28. The van der Waals surface area contributed by atoms with Crippen LogP contribution in [0.25, 0.3) is 10.9 Å². The second-order valence-corrected chi connectivity index (χ2v) is 4.97. The van der Waals surface area contributed by atoms with Gasteiger partial charge in [-0.25, -0.2) is 0 Å². The Balaban J connectivity index is 2.42. The summed E-state index contributed by atoms with van der Waals surface area (Å²) < 4.78 is 2.31. The van der Waals surface area contributed by atoms with E-state index in [2.05, 4.69) is 48.9 Å². The lowest BCUT2D eigenvalue weighted by Crippen LogP contribution is -2.05. The number of benzene rings is 1. The van der Waals surface area contributed by atoms with Gasteiger partial charge in [0.1, 0.15) is 0 Å². The molecule has 86 valence electrons. The highest BCUT2D eigenvalue weighted by molar-refractivity contribution is 5.81. The molecule has 1 aromatic heterocycles. The molecule has 1 heterocycles. The first-order valence-electron chi connectivity index (χ1n) is 5.92. The van der Waals surface area contributed by atoms with Crippen molar-refractivity contribution in [2.45, 2.75) is 33.4 Å². The highest BCUT2D eigenvalue weighted by atomic mass is 15.0. The molecule has 2 nitrogen and oxygen atoms in total. The van der Waals surface area contributed by atoms with Crippen molar-refractivity contribution in [3.63, 3.8) is 0 Å². The van der Waals surface area contributed by atoms with Crippen LogP contribution in [0.2, 0.25) is 0 Å². The fourth-order valence-electron chi connectivity index (χ4n) is 2.05. The fraction of sp³-hybridized carbons (Fsp3) is 0.429. The summed E-state index contributed by atoms with van der Waals surface area (Å²) in [6, 6.07) is 8.78. The molecule has 0 aliphatic carbocycles. The molecule has 0 bridgehead atoms. The average molecular weight is 216 g/mol. The van der Waals surface area contributed by atoms with Gasteiger partial charge in [-0.3, -0.25) is 0 Å². The first kappa shape index (κ1) is 11.2. The summed E-state index contributed by atoms with van der Waals surface area (Å²) in [6.45, 7) is 7.57. The standard InChI is InChI=1S/C14H20N2/c1-10(2)9-16-7-6-13-8-12(11(3)15)4-5-14(13)16/h4-8,10-11H,9,15H2,1-3H3. The molecule has 2 aromatic rings. The maximum atomic E-state index is 5.89. The summed E-state index contributed by atoms with van der Waals surface area (Å²) in [4.78, 5) is 0. The second-order valence-electron chi connectivity index (χ2n) is 4.97. The Kier molecular flexibility index (Phi) is 3.01. The van der Waals surface area contributed by atoms with E-state index in [0.29, 0.717) is 5.92 Å². The van der Waals surface area contributed by atoms with E-state index in [1.165, 1.54) is 16.5 Å². The van der Waals surface area contributed by atoms with Crippen LogP contribution in [0.4, 0.5) is 0 Å². The molecule has 1 atom stereocenters. The van der Waals surface area contributed by atoms with Crippen LogP contribution in [0, 0.1) is 5.92 Å². The summed E-state index contributed by atoms with van der Waals surface area (Å²) in [6.07, 6.45) is 2.16. The molecule has 2 rings (SSSR count). The molecule has 0 aliphatic heterocycles. The van der Waals surface area contributed by atoms with Crippen LogP contribution >= 0.6 is 0 Å². The number of hydrogen-bond donors (Lipinski definition) is 1. The van der Waals surface area contributed by atoms with Crippen LogP contribution < -0.4 is 5.73 Å². The summed E-state index contributed by atoms with van der Waals surface area (Å²) >= 11 is 0. The number of hydrogen-bond acceptors (Lipinski definition) is 1. The van der Waals surface area contributed by atoms with Gasteiger partial charge in [-0.2, -0.15) is 0 Å². The van der Waals surface area contributed by atoms with Crippen molar-refractivity contribution in [2.75, 3.05) is 0 Å². The van der Waals surface area contributed by atoms with E-state index >= 15 is 0 Å². The smallest absolute Gasteiger partial charge is 0.0480 e. The minimum Gasteiger partial charge on any atom is -0.347 e. The predicted molar refractivity (Wildman–Crippen MR) is 69.4 cm³/mol. The Morgan fingerprint density at radius 3 is 2.56 bits per heavy atom. The van der Waals surface area contributed by atoms with Gasteiger partial charge in [0.15, 0.2) is 0 Å². The van der Waals surface area contributed by atoms with E-state index in [4.69, 9.17) is 5.73 Å². The molecule has 2 heteroatoms. The van der Waals surface area contributed by atoms with Crippen molar-refractivity contribution >= 4 is 10.9 Å². The van der Waals surface area contributed by atoms with Crippen molar-refractivity contribution in [2.24, 2.45) is 11.7 Å². The van der Waals surface area contributed by atoms with Crippen LogP contribution in [-0.4, -0.2) is 4.57 Å². The van der Waals surface area contributed by atoms with E-state index in [-0.39, 0.29) is 6.04 Å². The molecule has 2 N–H and O–H groups in total. The van der Waals surface area contributed by atoms with Crippen LogP contribution in [0.3, 0.4) is 0 Å². The molecule has 0 aliphatic rings. The molecule has 0 saturated heterocycles. The molecule has 0 amide bonds. The maximum absolute atomic E-state index is 5.89. The van der Waals surface area contributed by atoms with Crippen molar-refractivity contribution in [1.82, 2.24) is 4.57 Å². The monoisotopic (exact) mass is 216 g/mol. The third-order valence-corrected chi connectivity index (χ3v) is 2.88. The lowest BCUT2D eigenvalue weighted by Gasteiger charge is -2.09. The van der Waals surface area contributed by atoms with Crippen LogP contribution in [0.5, 0.6) is 0 Å². The zero-order valence-electron chi connectivity index (χ0n) is 10.3. The highest BCUT2D eigenvalue weighted by Crippen LogP contribution is 2.21. The third-order valence-electron chi connectivity index (χ3n) is 2.88. The summed E-state index contributed by atoms with van der Waals surface area (Å²) in [5, 5.41) is 1.29. The van der Waals surface area contributed by atoms with Gasteiger partial charge < -0.3 is 10.3 Å². The highest BCUT2D eigenvalue weighted by Gasteiger charge is 2.05. The Bertz CT molecular complexity index is 480. The zero-order valence-corrected chi connectivity index (χ0v) is 10.3. The quantitative estimate of drug-likeness (QED) is 0.838. The van der Waals surface area contributed by atoms with Crippen molar-refractivity contribution in [3.05, 3.63) is 36.0 Å². The SMILES string of the molecule is CC(C)Cn1ccc2cc(C(C)N)ccc21. The summed E-state index contributed by atoms with van der Waals surface area (Å²) in [5.41, 5.74) is 8.39. The molecule has 16 heavy (non-hydrogen) atoms. The van der Waals surface area contributed by atoms with Gasteiger partial charge in [-0.1, -0.05) is 19.9 Å². The molecule has 0 spiro atoms. The van der Waals surface area contributed by atoms with Gasteiger partial charge in [0.05, 0.1) is 0 Å². The average Bonchev–Trinajstić information content (AvgIpc) is 2.60. The molecular formula is C14H20N2. The molecule has 0 saturated carbocycles. The minimum absolute atomic E-state index is 0.109. The van der Waals surface area contributed by atoms with E-state index in [1.54, 1.807) is 0 Å². The Morgan fingerprint density at radius 2 is 1.94 bits per heavy atom. The number of rotatable bonds is 3. The van der Waals surface area contributed by atoms with Crippen LogP contribution in [-0.2, 0) is 6.54 Å². The van der Waals surface area contributed by atoms with Gasteiger partial charge in [-0.15, -0.1) is 0 Å². The first-order valence-corrected chi connectivity index (χ1v) is 5.92. The normalized spacial score (nSPS) is 13.6. The first-order chi connectivity index (χ1) is 7.58. The van der Waals surface area contributed by atoms with Crippen molar-refractivity contribution < 1.29 is 0 Å². The minimum atomic E-state index is 0.109. The summed E-state index contributed by atoms with van der Waals surface area (Å²) in [5.74, 6) is 0.670. The van der Waals surface area contributed by atoms with Crippen LogP contribution in [0.15, 0.2) is 30.5 Å². The van der Waals surface area contributed by atoms with Crippen molar-refractivity contribution in [3.8, 4) is 0 Å². The number of nitrogens with two attached hydrogens (primary N) is 1. The van der Waals surface area contributed by atoms with E-state index in [9.17, 15) is 0 Å². The predicted octanol–water partition coefficient (Wildman–Crippen LogP) is 3.32. The molecule has 0 fully saturated rings. The third kappa shape index (κ3) is 2.12. The van der Waals surface area contributed by atoms with E-state index < -0.39 is 0 Å². The second kappa shape index (κ2) is 4.30. The number of fused-ring (bicyclic) bond motifs is 1. The molecule has 1 aromatic carbocycles. The molecule has 1 unspecified atom stereocenters. The fourth-order valence-corrected chi connectivity index (χ4v) is 2.05. The summed E-state index contributed by atoms with van der Waals surface area (Å²) in [7, 11) is 0. The Morgan fingerprint density at radius 1 is 1.19 bits per heavy atom. The molecule has 0 radical (unpaired) electrons. The van der Waals surface area contributed by atoms with E-state index in [0.717, 1.165) is 6.54 Å². The van der Waals surface area contributed by atoms with Gasteiger partial charge in [0, 0.05) is 24.3 Å².